The molecule has 1 atom stereocenters. The predicted molar refractivity (Wildman–Crippen MR) is 144 cm³/mol. The number of halogens is 3. The van der Waals surface area contributed by atoms with Crippen molar-refractivity contribution in [3.8, 4) is 17.6 Å². The normalized spacial score (nSPS) is 15.5. The number of benzene rings is 1. The number of alkyl halides is 3. The first kappa shape index (κ1) is 27.4. The first-order valence-corrected chi connectivity index (χ1v) is 14.4. The van der Waals surface area contributed by atoms with Crippen LogP contribution in [-0.4, -0.2) is 53.4 Å². The summed E-state index contributed by atoms with van der Waals surface area (Å²) in [5.74, 6) is 6.80. The van der Waals surface area contributed by atoms with Crippen LogP contribution in [-0.2, 0) is 22.8 Å². The zero-order valence-corrected chi connectivity index (χ0v) is 22.6. The standard InChI is InChI=1S/C27H27F3N6O3S/c1-39-24-14-18(40(2,37)38)9-10-22(24)32-11-3-7-21-23(15-27(28,29)30)36-13-4-6-19(26(36)34-21)20-8-5-12-35-17-31-16-25(35)33-20/h4,6,9-10,13-14,16-17,20,32-33H,5,8,11-12,15H2,1-2H3/t20-/m0/s1. The second kappa shape index (κ2) is 10.8. The first-order chi connectivity index (χ1) is 19.0. The van der Waals surface area contributed by atoms with Gasteiger partial charge in [-0.1, -0.05) is 12.0 Å². The lowest BCUT2D eigenvalue weighted by Crippen LogP contribution is -2.15. The molecule has 1 aromatic carbocycles. The van der Waals surface area contributed by atoms with Gasteiger partial charge in [0, 0.05) is 30.6 Å². The summed E-state index contributed by atoms with van der Waals surface area (Å²) < 4.78 is 73.2. The largest absolute Gasteiger partial charge is 0.495 e. The quantitative estimate of drug-likeness (QED) is 0.329. The van der Waals surface area contributed by atoms with Crippen molar-refractivity contribution < 1.29 is 26.3 Å². The molecule has 0 bridgehead atoms. The third-order valence-corrected chi connectivity index (χ3v) is 7.73. The Morgan fingerprint density at radius 1 is 1.27 bits per heavy atom. The molecule has 210 valence electrons. The minimum absolute atomic E-state index is 0.0365. The van der Waals surface area contributed by atoms with Gasteiger partial charge < -0.3 is 24.3 Å². The van der Waals surface area contributed by atoms with Gasteiger partial charge in [-0.3, -0.25) is 0 Å². The lowest BCUT2D eigenvalue weighted by Gasteiger charge is -2.18. The minimum Gasteiger partial charge on any atom is -0.495 e. The Morgan fingerprint density at radius 3 is 2.85 bits per heavy atom. The van der Waals surface area contributed by atoms with Crippen LogP contribution in [0.4, 0.5) is 24.7 Å². The molecule has 9 nitrogen and oxygen atoms in total. The Labute approximate surface area is 229 Å². The number of nitrogens with one attached hydrogen (secondary N) is 2. The van der Waals surface area contributed by atoms with Gasteiger partial charge in [-0.05, 0) is 37.0 Å². The molecule has 0 spiro atoms. The Balaban J connectivity index is 1.45. The SMILES string of the molecule is COc1cc(S(C)(=O)=O)ccc1NCC#Cc1nc2c([C@@H]3CCCn4cncc4N3)cccn2c1CC(F)(F)F. The number of ether oxygens (including phenoxy) is 1. The average molecular weight is 573 g/mol. The summed E-state index contributed by atoms with van der Waals surface area (Å²) in [6.45, 7) is 0.857. The highest BCUT2D eigenvalue weighted by Gasteiger charge is 2.32. The number of methoxy groups -OCH3 is 1. The highest BCUT2D eigenvalue weighted by Crippen LogP contribution is 2.32. The van der Waals surface area contributed by atoms with E-state index in [4.69, 9.17) is 4.74 Å². The molecule has 4 heterocycles. The number of hydrogen-bond acceptors (Lipinski definition) is 7. The summed E-state index contributed by atoms with van der Waals surface area (Å²) in [6.07, 6.45) is 2.15. The zero-order chi connectivity index (χ0) is 28.5. The van der Waals surface area contributed by atoms with Crippen molar-refractivity contribution in [2.24, 2.45) is 0 Å². The minimum atomic E-state index is -4.46. The van der Waals surface area contributed by atoms with E-state index in [1.807, 2.05) is 10.6 Å². The van der Waals surface area contributed by atoms with Gasteiger partial charge in [0.25, 0.3) is 0 Å². The Bertz CT molecular complexity index is 1720. The van der Waals surface area contributed by atoms with Gasteiger partial charge in [0.2, 0.25) is 0 Å². The molecule has 0 radical (unpaired) electrons. The highest BCUT2D eigenvalue weighted by atomic mass is 32.2. The molecule has 0 saturated carbocycles. The van der Waals surface area contributed by atoms with Gasteiger partial charge in [-0.25, -0.2) is 18.4 Å². The zero-order valence-electron chi connectivity index (χ0n) is 21.8. The maximum absolute atomic E-state index is 13.6. The number of aryl methyl sites for hydroxylation is 1. The molecular formula is C27H27F3N6O3S. The van der Waals surface area contributed by atoms with Crippen LogP contribution in [0.1, 0.15) is 35.8 Å². The van der Waals surface area contributed by atoms with Gasteiger partial charge in [0.1, 0.15) is 22.9 Å². The van der Waals surface area contributed by atoms with Crippen LogP contribution in [0.3, 0.4) is 0 Å². The monoisotopic (exact) mass is 572 g/mol. The summed E-state index contributed by atoms with van der Waals surface area (Å²) >= 11 is 0. The van der Waals surface area contributed by atoms with Crippen LogP contribution >= 0.6 is 0 Å². The second-order valence-electron chi connectivity index (χ2n) is 9.46. The molecular weight excluding hydrogens is 545 g/mol. The summed E-state index contributed by atoms with van der Waals surface area (Å²) in [6, 6.07) is 7.81. The van der Waals surface area contributed by atoms with Crippen molar-refractivity contribution in [2.45, 2.75) is 42.9 Å². The molecule has 0 fully saturated rings. The number of sulfone groups is 1. The van der Waals surface area contributed by atoms with Crippen molar-refractivity contribution in [3.05, 3.63) is 66.0 Å². The van der Waals surface area contributed by atoms with Crippen molar-refractivity contribution in [2.75, 3.05) is 30.5 Å². The van der Waals surface area contributed by atoms with Gasteiger partial charge in [-0.15, -0.1) is 0 Å². The van der Waals surface area contributed by atoms with E-state index >= 15 is 0 Å². The van der Waals surface area contributed by atoms with Gasteiger partial charge in [0.15, 0.2) is 9.84 Å². The number of pyridine rings is 1. The van der Waals surface area contributed by atoms with Crippen LogP contribution < -0.4 is 15.4 Å². The molecule has 0 saturated heterocycles. The van der Waals surface area contributed by atoms with E-state index in [1.165, 1.54) is 23.6 Å². The van der Waals surface area contributed by atoms with Crippen molar-refractivity contribution in [1.29, 1.82) is 0 Å². The molecule has 4 aromatic rings. The Kier molecular flexibility index (Phi) is 7.37. The lowest BCUT2D eigenvalue weighted by atomic mass is 10.0. The number of hydrogen-bond donors (Lipinski definition) is 2. The predicted octanol–water partition coefficient (Wildman–Crippen LogP) is 4.46. The van der Waals surface area contributed by atoms with Crippen LogP contribution in [0.15, 0.2) is 53.9 Å². The maximum Gasteiger partial charge on any atom is 0.394 e. The fourth-order valence-corrected chi connectivity index (χ4v) is 5.39. The Morgan fingerprint density at radius 2 is 2.10 bits per heavy atom. The molecule has 0 aliphatic carbocycles. The highest BCUT2D eigenvalue weighted by molar-refractivity contribution is 7.90. The van der Waals surface area contributed by atoms with E-state index < -0.39 is 22.4 Å². The molecule has 2 N–H and O–H groups in total. The van der Waals surface area contributed by atoms with Crippen LogP contribution in [0, 0.1) is 11.8 Å². The second-order valence-corrected chi connectivity index (χ2v) is 11.5. The summed E-state index contributed by atoms with van der Waals surface area (Å²) in [5, 5.41) is 6.47. The van der Waals surface area contributed by atoms with Crippen molar-refractivity contribution in [3.63, 3.8) is 0 Å². The average Bonchev–Trinajstić information content (AvgIpc) is 3.42. The summed E-state index contributed by atoms with van der Waals surface area (Å²) in [5.41, 5.74) is 1.70. The van der Waals surface area contributed by atoms with E-state index in [-0.39, 0.29) is 28.9 Å². The third kappa shape index (κ3) is 5.86. The van der Waals surface area contributed by atoms with Crippen LogP contribution in [0.25, 0.3) is 5.65 Å². The topological polar surface area (TPSA) is 103 Å². The van der Waals surface area contributed by atoms with Gasteiger partial charge in [-0.2, -0.15) is 13.2 Å². The molecule has 1 aliphatic heterocycles. The number of aromatic nitrogens is 4. The lowest BCUT2D eigenvalue weighted by molar-refractivity contribution is -0.128. The molecule has 0 unspecified atom stereocenters. The van der Waals surface area contributed by atoms with Crippen molar-refractivity contribution >= 4 is 27.0 Å². The van der Waals surface area contributed by atoms with E-state index in [9.17, 15) is 21.6 Å². The van der Waals surface area contributed by atoms with E-state index in [0.29, 0.717) is 17.1 Å². The molecule has 13 heteroatoms. The first-order valence-electron chi connectivity index (χ1n) is 12.5. The molecule has 5 rings (SSSR count). The van der Waals surface area contributed by atoms with E-state index in [0.717, 1.165) is 37.0 Å². The number of imidazole rings is 2. The smallest absolute Gasteiger partial charge is 0.394 e. The number of fused-ring (bicyclic) bond motifs is 2. The third-order valence-electron chi connectivity index (χ3n) is 6.62. The number of anilines is 2. The fraction of sp³-hybridized carbons (Fsp3) is 0.333. The fourth-order valence-electron chi connectivity index (χ4n) is 4.75. The molecule has 3 aromatic heterocycles. The molecule has 40 heavy (non-hydrogen) atoms. The van der Waals surface area contributed by atoms with Gasteiger partial charge in [0.05, 0.1) is 54.9 Å². The van der Waals surface area contributed by atoms with E-state index in [1.54, 1.807) is 30.9 Å². The van der Waals surface area contributed by atoms with Crippen molar-refractivity contribution in [1.82, 2.24) is 18.9 Å². The van der Waals surface area contributed by atoms with E-state index in [2.05, 4.69) is 32.4 Å². The molecule has 1 aliphatic rings. The van der Waals surface area contributed by atoms with Crippen LogP contribution in [0.2, 0.25) is 0 Å². The number of nitrogens with zero attached hydrogens (tertiary/aromatic N) is 4. The Hall–Kier alpha value is -4.18. The molecule has 0 amide bonds. The van der Waals surface area contributed by atoms with Crippen LogP contribution in [0.5, 0.6) is 5.75 Å². The maximum atomic E-state index is 13.6. The summed E-state index contributed by atoms with van der Waals surface area (Å²) in [7, 11) is -2.01. The summed E-state index contributed by atoms with van der Waals surface area (Å²) in [4.78, 5) is 8.85. The number of rotatable bonds is 6. The van der Waals surface area contributed by atoms with Gasteiger partial charge >= 0.3 is 6.18 Å².